The molecule has 0 saturated heterocycles. The molecule has 1 aliphatic rings. The highest BCUT2D eigenvalue weighted by atomic mass is 14.7. The number of rotatable bonds is 2. The van der Waals surface area contributed by atoms with E-state index in [1.807, 2.05) is 6.20 Å². The van der Waals surface area contributed by atoms with Crippen LogP contribution in [0.2, 0.25) is 0 Å². The quantitative estimate of drug-likeness (QED) is 0.723. The fourth-order valence-corrected chi connectivity index (χ4v) is 1.96. The van der Waals surface area contributed by atoms with E-state index >= 15 is 0 Å². The summed E-state index contributed by atoms with van der Waals surface area (Å²) in [6.45, 7) is 6.62. The number of allylic oxidation sites excluding steroid dienone is 4. The highest BCUT2D eigenvalue weighted by molar-refractivity contribution is 5.72. The second kappa shape index (κ2) is 4.65. The average molecular weight is 213 g/mol. The van der Waals surface area contributed by atoms with Crippen LogP contribution in [0.15, 0.2) is 36.6 Å². The third-order valence-electron chi connectivity index (χ3n) is 3.20. The molecule has 1 atom stereocenters. The molecule has 0 spiro atoms. The SMILES string of the molecule is Cc1ccc(C2=CCC(C(C)C)C=C2)nc1. The molecule has 1 aromatic heterocycles. The van der Waals surface area contributed by atoms with E-state index in [1.165, 1.54) is 11.1 Å². The molecule has 0 amide bonds. The van der Waals surface area contributed by atoms with E-state index in [4.69, 9.17) is 0 Å². The van der Waals surface area contributed by atoms with Crippen LogP contribution in [0.5, 0.6) is 0 Å². The van der Waals surface area contributed by atoms with Gasteiger partial charge in [-0.1, -0.05) is 38.1 Å². The summed E-state index contributed by atoms with van der Waals surface area (Å²) in [7, 11) is 0. The molecular weight excluding hydrogens is 194 g/mol. The molecule has 1 aliphatic carbocycles. The fourth-order valence-electron chi connectivity index (χ4n) is 1.96. The Balaban J connectivity index is 2.14. The van der Waals surface area contributed by atoms with Gasteiger partial charge in [-0.05, 0) is 42.4 Å². The van der Waals surface area contributed by atoms with Crippen molar-refractivity contribution >= 4 is 5.57 Å². The monoisotopic (exact) mass is 213 g/mol. The first-order valence-electron chi connectivity index (χ1n) is 5.98. The number of hydrogen-bond acceptors (Lipinski definition) is 1. The van der Waals surface area contributed by atoms with Crippen LogP contribution in [0.25, 0.3) is 5.57 Å². The van der Waals surface area contributed by atoms with Crippen molar-refractivity contribution in [2.24, 2.45) is 11.8 Å². The fraction of sp³-hybridized carbons (Fsp3) is 0.400. The van der Waals surface area contributed by atoms with Crippen LogP contribution in [-0.4, -0.2) is 4.98 Å². The van der Waals surface area contributed by atoms with E-state index in [9.17, 15) is 0 Å². The van der Waals surface area contributed by atoms with Crippen molar-refractivity contribution in [2.45, 2.75) is 27.2 Å². The maximum absolute atomic E-state index is 4.45. The van der Waals surface area contributed by atoms with Gasteiger partial charge in [0.2, 0.25) is 0 Å². The summed E-state index contributed by atoms with van der Waals surface area (Å²) in [6.07, 6.45) is 9.91. The van der Waals surface area contributed by atoms with Gasteiger partial charge in [-0.25, -0.2) is 0 Å². The lowest BCUT2D eigenvalue weighted by Gasteiger charge is -2.19. The lowest BCUT2D eigenvalue weighted by molar-refractivity contribution is 0.468. The van der Waals surface area contributed by atoms with Crippen molar-refractivity contribution in [2.75, 3.05) is 0 Å². The Morgan fingerprint density at radius 1 is 1.31 bits per heavy atom. The minimum absolute atomic E-state index is 0.689. The summed E-state index contributed by atoms with van der Waals surface area (Å²) >= 11 is 0. The summed E-state index contributed by atoms with van der Waals surface area (Å²) in [5, 5.41) is 0. The Hall–Kier alpha value is -1.37. The highest BCUT2D eigenvalue weighted by Crippen LogP contribution is 2.27. The molecule has 0 aliphatic heterocycles. The predicted octanol–water partition coefficient (Wildman–Crippen LogP) is 4.01. The van der Waals surface area contributed by atoms with Crippen LogP contribution in [-0.2, 0) is 0 Å². The second-order valence-corrected chi connectivity index (χ2v) is 4.88. The van der Waals surface area contributed by atoms with Gasteiger partial charge < -0.3 is 0 Å². The Bertz CT molecular complexity index is 410. The molecule has 0 fully saturated rings. The lowest BCUT2D eigenvalue weighted by Crippen LogP contribution is -2.07. The molecule has 0 N–H and O–H groups in total. The largest absolute Gasteiger partial charge is 0.256 e. The molecule has 84 valence electrons. The van der Waals surface area contributed by atoms with Crippen molar-refractivity contribution in [3.05, 3.63) is 47.8 Å². The number of nitrogens with zero attached hydrogens (tertiary/aromatic N) is 1. The van der Waals surface area contributed by atoms with Gasteiger partial charge in [-0.3, -0.25) is 4.98 Å². The molecule has 0 bridgehead atoms. The van der Waals surface area contributed by atoms with Crippen LogP contribution >= 0.6 is 0 Å². The third-order valence-corrected chi connectivity index (χ3v) is 3.20. The maximum Gasteiger partial charge on any atom is 0.0698 e. The second-order valence-electron chi connectivity index (χ2n) is 4.88. The summed E-state index contributed by atoms with van der Waals surface area (Å²) < 4.78 is 0. The molecule has 0 aromatic carbocycles. The van der Waals surface area contributed by atoms with Gasteiger partial charge in [0.05, 0.1) is 5.69 Å². The standard InChI is InChI=1S/C15H19N/c1-11(2)13-5-7-14(8-6-13)15-9-4-12(3)10-16-15/h4-5,7-11,13H,6H2,1-3H3. The average Bonchev–Trinajstić information content (AvgIpc) is 2.30. The zero-order chi connectivity index (χ0) is 11.5. The highest BCUT2D eigenvalue weighted by Gasteiger charge is 2.13. The number of hydrogen-bond donors (Lipinski definition) is 0. The van der Waals surface area contributed by atoms with Crippen molar-refractivity contribution in [1.29, 1.82) is 0 Å². The maximum atomic E-state index is 4.45. The Labute approximate surface area is 97.9 Å². The van der Waals surface area contributed by atoms with Crippen LogP contribution in [0.1, 0.15) is 31.5 Å². The molecule has 1 nitrogen and oxygen atoms in total. The molecular formula is C15H19N. The van der Waals surface area contributed by atoms with E-state index in [2.05, 4.69) is 56.1 Å². The smallest absolute Gasteiger partial charge is 0.0698 e. The van der Waals surface area contributed by atoms with Gasteiger partial charge in [0.15, 0.2) is 0 Å². The van der Waals surface area contributed by atoms with Crippen LogP contribution in [0.3, 0.4) is 0 Å². The summed E-state index contributed by atoms with van der Waals surface area (Å²) in [5.41, 5.74) is 3.56. The van der Waals surface area contributed by atoms with Crippen LogP contribution < -0.4 is 0 Å². The predicted molar refractivity (Wildman–Crippen MR) is 69.0 cm³/mol. The molecule has 0 radical (unpaired) electrons. The van der Waals surface area contributed by atoms with Crippen molar-refractivity contribution < 1.29 is 0 Å². The first-order chi connectivity index (χ1) is 7.66. The van der Waals surface area contributed by atoms with E-state index in [0.717, 1.165) is 18.0 Å². The lowest BCUT2D eigenvalue weighted by atomic mass is 9.87. The Morgan fingerprint density at radius 3 is 2.62 bits per heavy atom. The minimum Gasteiger partial charge on any atom is -0.256 e. The summed E-state index contributed by atoms with van der Waals surface area (Å²) in [4.78, 5) is 4.45. The molecule has 1 heteroatoms. The topological polar surface area (TPSA) is 12.9 Å². The molecule has 2 rings (SSSR count). The zero-order valence-corrected chi connectivity index (χ0v) is 10.3. The van der Waals surface area contributed by atoms with Gasteiger partial charge in [-0.15, -0.1) is 0 Å². The number of pyridine rings is 1. The van der Waals surface area contributed by atoms with Crippen molar-refractivity contribution in [3.63, 3.8) is 0 Å². The van der Waals surface area contributed by atoms with Gasteiger partial charge in [0.1, 0.15) is 0 Å². The van der Waals surface area contributed by atoms with Gasteiger partial charge >= 0.3 is 0 Å². The van der Waals surface area contributed by atoms with Crippen LogP contribution in [0.4, 0.5) is 0 Å². The zero-order valence-electron chi connectivity index (χ0n) is 10.3. The normalized spacial score (nSPS) is 20.0. The molecule has 1 aromatic rings. The molecule has 1 heterocycles. The van der Waals surface area contributed by atoms with E-state index in [1.54, 1.807) is 0 Å². The van der Waals surface area contributed by atoms with Gasteiger partial charge in [0.25, 0.3) is 0 Å². The van der Waals surface area contributed by atoms with Gasteiger partial charge in [-0.2, -0.15) is 0 Å². The summed E-state index contributed by atoms with van der Waals surface area (Å²) in [5.74, 6) is 1.41. The van der Waals surface area contributed by atoms with E-state index < -0.39 is 0 Å². The van der Waals surface area contributed by atoms with Crippen LogP contribution in [0, 0.1) is 18.8 Å². The number of aryl methyl sites for hydroxylation is 1. The molecule has 1 unspecified atom stereocenters. The molecule has 0 saturated carbocycles. The third kappa shape index (κ3) is 2.41. The van der Waals surface area contributed by atoms with E-state index in [0.29, 0.717) is 5.92 Å². The first kappa shape index (κ1) is 11.1. The van der Waals surface area contributed by atoms with Crippen molar-refractivity contribution in [1.82, 2.24) is 4.98 Å². The summed E-state index contributed by atoms with van der Waals surface area (Å²) in [6, 6.07) is 4.22. The Kier molecular flexibility index (Phi) is 3.23. The van der Waals surface area contributed by atoms with Gasteiger partial charge in [0, 0.05) is 6.20 Å². The minimum atomic E-state index is 0.689. The number of aromatic nitrogens is 1. The molecule has 16 heavy (non-hydrogen) atoms. The Morgan fingerprint density at radius 2 is 2.12 bits per heavy atom. The van der Waals surface area contributed by atoms with Crippen molar-refractivity contribution in [3.8, 4) is 0 Å². The first-order valence-corrected chi connectivity index (χ1v) is 5.98. The van der Waals surface area contributed by atoms with E-state index in [-0.39, 0.29) is 0 Å².